The second kappa shape index (κ2) is 9.67. The van der Waals surface area contributed by atoms with Crippen molar-refractivity contribution < 1.29 is 52.7 Å². The van der Waals surface area contributed by atoms with Crippen molar-refractivity contribution in [3.8, 4) is 22.3 Å². The van der Waals surface area contributed by atoms with Gasteiger partial charge in [-0.2, -0.15) is 52.7 Å². The summed E-state index contributed by atoms with van der Waals surface area (Å²) < 4.78 is 166. The zero-order chi connectivity index (χ0) is 30.8. The number of benzene rings is 5. The maximum Gasteiger partial charge on any atom is 0.416 e. The second-order valence-electron chi connectivity index (χ2n) is 9.43. The van der Waals surface area contributed by atoms with Crippen LogP contribution < -0.4 is 0 Å². The highest BCUT2D eigenvalue weighted by Crippen LogP contribution is 2.49. The van der Waals surface area contributed by atoms with Gasteiger partial charge in [-0.15, -0.1) is 0 Å². The number of halogens is 12. The molecule has 12 heteroatoms. The Balaban J connectivity index is 2.04. The fraction of sp³-hybridized carbons (Fsp3) is 0.133. The van der Waals surface area contributed by atoms with E-state index >= 15 is 0 Å². The first-order valence-electron chi connectivity index (χ1n) is 11.9. The van der Waals surface area contributed by atoms with Gasteiger partial charge in [0.05, 0.1) is 22.3 Å². The van der Waals surface area contributed by atoms with Crippen molar-refractivity contribution in [2.24, 2.45) is 0 Å². The lowest BCUT2D eigenvalue weighted by molar-refractivity contribution is -0.144. The standard InChI is InChI=1S/C30H14F12/c31-27(32,33)17-9-15(10-18(13-17)28(34,35)36)25-23-7-3-1-5-21(23)22-6-2-4-8-24(22)26(25)16-11-19(29(37,38)39)14-20(12-16)30(40,41)42/h1-14H. The summed E-state index contributed by atoms with van der Waals surface area (Å²) in [5, 5.41) is 0.649. The maximum atomic E-state index is 13.8. The molecule has 0 saturated carbocycles. The molecule has 5 aromatic carbocycles. The molecule has 0 atom stereocenters. The van der Waals surface area contributed by atoms with E-state index in [1.54, 1.807) is 0 Å². The van der Waals surface area contributed by atoms with E-state index in [0.29, 0.717) is 35.0 Å². The lowest BCUT2D eigenvalue weighted by Gasteiger charge is -2.22. The van der Waals surface area contributed by atoms with Crippen molar-refractivity contribution in [3.63, 3.8) is 0 Å². The van der Waals surface area contributed by atoms with E-state index in [1.165, 1.54) is 48.5 Å². The Morgan fingerprint density at radius 2 is 0.548 bits per heavy atom. The van der Waals surface area contributed by atoms with Crippen molar-refractivity contribution in [2.75, 3.05) is 0 Å². The average molecular weight is 602 g/mol. The molecule has 0 amide bonds. The molecule has 0 aliphatic rings. The van der Waals surface area contributed by atoms with Gasteiger partial charge in [0.2, 0.25) is 0 Å². The summed E-state index contributed by atoms with van der Waals surface area (Å²) in [6, 6.07) is 12.9. The first kappa shape index (κ1) is 29.3. The number of fused-ring (bicyclic) bond motifs is 3. The Labute approximate surface area is 228 Å². The van der Waals surface area contributed by atoms with Gasteiger partial charge < -0.3 is 0 Å². The minimum atomic E-state index is -5.26. The molecule has 0 nitrogen and oxygen atoms in total. The highest BCUT2D eigenvalue weighted by atomic mass is 19.4. The normalized spacial score (nSPS) is 13.2. The first-order chi connectivity index (χ1) is 19.4. The Morgan fingerprint density at radius 3 is 0.786 bits per heavy atom. The van der Waals surface area contributed by atoms with Gasteiger partial charge in [0.1, 0.15) is 0 Å². The van der Waals surface area contributed by atoms with Crippen LogP contribution in [0.4, 0.5) is 52.7 Å². The molecule has 42 heavy (non-hydrogen) atoms. The number of alkyl halides is 12. The summed E-state index contributed by atoms with van der Waals surface area (Å²) in [5.74, 6) is 0. The third-order valence-electron chi connectivity index (χ3n) is 6.69. The molecule has 0 aliphatic heterocycles. The van der Waals surface area contributed by atoms with Crippen LogP contribution in [0.3, 0.4) is 0 Å². The van der Waals surface area contributed by atoms with Crippen LogP contribution in [0, 0.1) is 0 Å². The van der Waals surface area contributed by atoms with Crippen molar-refractivity contribution >= 4 is 21.5 Å². The van der Waals surface area contributed by atoms with Crippen LogP contribution in [0.1, 0.15) is 22.3 Å². The van der Waals surface area contributed by atoms with Gasteiger partial charge in [-0.1, -0.05) is 48.5 Å². The monoisotopic (exact) mass is 602 g/mol. The zero-order valence-electron chi connectivity index (χ0n) is 20.6. The lowest BCUT2D eigenvalue weighted by Crippen LogP contribution is -2.12. The average Bonchev–Trinajstić information content (AvgIpc) is 2.90. The third-order valence-corrected chi connectivity index (χ3v) is 6.69. The molecule has 0 aromatic heterocycles. The van der Waals surface area contributed by atoms with Crippen molar-refractivity contribution in [3.05, 3.63) is 107 Å². The van der Waals surface area contributed by atoms with Gasteiger partial charge in [-0.3, -0.25) is 0 Å². The molecular weight excluding hydrogens is 588 g/mol. The van der Waals surface area contributed by atoms with Gasteiger partial charge in [-0.05, 0) is 80.2 Å². The minimum absolute atomic E-state index is 0.0182. The van der Waals surface area contributed by atoms with Crippen LogP contribution in [0.15, 0.2) is 84.9 Å². The van der Waals surface area contributed by atoms with Crippen LogP contribution in [-0.4, -0.2) is 0 Å². The number of rotatable bonds is 2. The molecule has 0 heterocycles. The molecule has 0 unspecified atom stereocenters. The molecule has 5 rings (SSSR count). The van der Waals surface area contributed by atoms with E-state index in [2.05, 4.69) is 0 Å². The van der Waals surface area contributed by atoms with Crippen molar-refractivity contribution in [1.82, 2.24) is 0 Å². The smallest absolute Gasteiger partial charge is 0.166 e. The van der Waals surface area contributed by atoms with E-state index in [9.17, 15) is 52.7 Å². The highest BCUT2D eigenvalue weighted by Gasteiger charge is 2.39. The molecule has 218 valence electrons. The molecule has 0 bridgehead atoms. The van der Waals surface area contributed by atoms with E-state index in [4.69, 9.17) is 0 Å². The van der Waals surface area contributed by atoms with Crippen LogP contribution in [0.2, 0.25) is 0 Å². The van der Waals surface area contributed by atoms with Crippen molar-refractivity contribution in [1.29, 1.82) is 0 Å². The summed E-state index contributed by atoms with van der Waals surface area (Å²) in [5.41, 5.74) is -8.97. The summed E-state index contributed by atoms with van der Waals surface area (Å²) in [4.78, 5) is 0. The van der Waals surface area contributed by atoms with Gasteiger partial charge in [0.25, 0.3) is 0 Å². The first-order valence-corrected chi connectivity index (χ1v) is 11.9. The predicted molar refractivity (Wildman–Crippen MR) is 132 cm³/mol. The Hall–Kier alpha value is -4.22. The van der Waals surface area contributed by atoms with Gasteiger partial charge in [0, 0.05) is 0 Å². The third kappa shape index (κ3) is 5.37. The zero-order valence-corrected chi connectivity index (χ0v) is 20.6. The van der Waals surface area contributed by atoms with Crippen LogP contribution in [0.25, 0.3) is 43.8 Å². The molecule has 0 fully saturated rings. The summed E-state index contributed by atoms with van der Waals surface area (Å²) in [7, 11) is 0. The topological polar surface area (TPSA) is 0 Å². The SMILES string of the molecule is FC(F)(F)c1cc(-c2c(-c3cc(C(F)(F)F)cc(C(F)(F)F)c3)c3ccccc3c3ccccc23)cc(C(F)(F)F)c1. The summed E-state index contributed by atoms with van der Waals surface area (Å²) >= 11 is 0. The quantitative estimate of drug-likeness (QED) is 0.139. The van der Waals surface area contributed by atoms with Gasteiger partial charge in [0.15, 0.2) is 0 Å². The highest BCUT2D eigenvalue weighted by molar-refractivity contribution is 6.21. The van der Waals surface area contributed by atoms with Crippen LogP contribution >= 0.6 is 0 Å². The molecular formula is C30H14F12. The predicted octanol–water partition coefficient (Wildman–Crippen LogP) is 11.4. The lowest BCUT2D eigenvalue weighted by atomic mass is 9.83. The Morgan fingerprint density at radius 1 is 0.310 bits per heavy atom. The maximum absolute atomic E-state index is 13.8. The number of hydrogen-bond acceptors (Lipinski definition) is 0. The van der Waals surface area contributed by atoms with Crippen LogP contribution in [-0.2, 0) is 24.7 Å². The molecule has 0 spiro atoms. The fourth-order valence-corrected chi connectivity index (χ4v) is 4.94. The van der Waals surface area contributed by atoms with E-state index < -0.39 is 69.2 Å². The fourth-order valence-electron chi connectivity index (χ4n) is 4.94. The minimum Gasteiger partial charge on any atom is -0.166 e. The molecule has 0 N–H and O–H groups in total. The molecule has 0 radical (unpaired) electrons. The van der Waals surface area contributed by atoms with E-state index in [1.807, 2.05) is 0 Å². The molecule has 5 aromatic rings. The van der Waals surface area contributed by atoms with Gasteiger partial charge >= 0.3 is 24.7 Å². The molecule has 0 aliphatic carbocycles. The second-order valence-corrected chi connectivity index (χ2v) is 9.43. The molecule has 0 saturated heterocycles. The Bertz CT molecular complexity index is 1620. The number of hydrogen-bond donors (Lipinski definition) is 0. The van der Waals surface area contributed by atoms with Crippen molar-refractivity contribution in [2.45, 2.75) is 24.7 Å². The largest absolute Gasteiger partial charge is 0.416 e. The summed E-state index contributed by atoms with van der Waals surface area (Å²) in [6.45, 7) is 0. The van der Waals surface area contributed by atoms with Crippen LogP contribution in [0.5, 0.6) is 0 Å². The Kier molecular flexibility index (Phi) is 6.74. The van der Waals surface area contributed by atoms with E-state index in [-0.39, 0.29) is 22.9 Å². The van der Waals surface area contributed by atoms with Gasteiger partial charge in [-0.25, -0.2) is 0 Å². The summed E-state index contributed by atoms with van der Waals surface area (Å²) in [6.07, 6.45) is -21.0. The van der Waals surface area contributed by atoms with E-state index in [0.717, 1.165) is 0 Å².